The van der Waals surface area contributed by atoms with Gasteiger partial charge < -0.3 is 14.6 Å². The van der Waals surface area contributed by atoms with E-state index in [0.29, 0.717) is 17.1 Å². The first-order chi connectivity index (χ1) is 11.5. The summed E-state index contributed by atoms with van der Waals surface area (Å²) in [6.07, 6.45) is 0.629. The molecule has 1 amide bonds. The van der Waals surface area contributed by atoms with Gasteiger partial charge in [0, 0.05) is 10.0 Å². The van der Waals surface area contributed by atoms with Crippen LogP contribution in [0.2, 0.25) is 0 Å². The lowest BCUT2D eigenvalue weighted by Crippen LogP contribution is -2.33. The number of ether oxygens (including phenoxy) is 2. The van der Waals surface area contributed by atoms with Gasteiger partial charge in [-0.2, -0.15) is 5.10 Å². The van der Waals surface area contributed by atoms with Gasteiger partial charge >= 0.3 is 0 Å². The van der Waals surface area contributed by atoms with Crippen LogP contribution in [0.4, 0.5) is 0 Å². The molecule has 2 aromatic rings. The number of amides is 1. The molecule has 0 aliphatic rings. The highest BCUT2D eigenvalue weighted by Crippen LogP contribution is 2.20. The summed E-state index contributed by atoms with van der Waals surface area (Å²) in [5.74, 6) is 0.917. The summed E-state index contributed by atoms with van der Waals surface area (Å²) >= 11 is 3.30. The van der Waals surface area contributed by atoms with Crippen LogP contribution >= 0.6 is 15.9 Å². The number of hydrogen-bond donors (Lipinski definition) is 2. The van der Waals surface area contributed by atoms with Crippen molar-refractivity contribution in [3.8, 4) is 17.2 Å². The standard InChI is InChI=1S/C17H17BrN2O4/c1-11(24-15-6-4-14(23-2)5-7-15)17(22)20-19-10-12-9-13(18)3-8-16(12)21/h3-11,21H,1-2H3,(H,20,22)/b19-10+. The first kappa shape index (κ1) is 17.8. The number of carbonyl (C=O) groups excluding carboxylic acids is 1. The van der Waals surface area contributed by atoms with Crippen LogP contribution in [0.5, 0.6) is 17.2 Å². The molecule has 0 aliphatic heterocycles. The Morgan fingerprint density at radius 2 is 1.92 bits per heavy atom. The van der Waals surface area contributed by atoms with Crippen molar-refractivity contribution in [1.82, 2.24) is 5.43 Å². The lowest BCUT2D eigenvalue weighted by atomic mass is 10.2. The Bertz CT molecular complexity index is 732. The van der Waals surface area contributed by atoms with E-state index in [1.165, 1.54) is 12.3 Å². The number of benzene rings is 2. The second kappa shape index (κ2) is 8.35. The third kappa shape index (κ3) is 4.99. The van der Waals surface area contributed by atoms with Crippen LogP contribution in [0.25, 0.3) is 0 Å². The molecule has 1 unspecified atom stereocenters. The lowest BCUT2D eigenvalue weighted by molar-refractivity contribution is -0.127. The van der Waals surface area contributed by atoms with Gasteiger partial charge in [0.15, 0.2) is 6.10 Å². The second-order valence-corrected chi connectivity index (χ2v) is 5.79. The molecular formula is C17H17BrN2O4. The molecule has 6 nitrogen and oxygen atoms in total. The Kier molecular flexibility index (Phi) is 6.20. The molecule has 0 saturated heterocycles. The van der Waals surface area contributed by atoms with Crippen molar-refractivity contribution < 1.29 is 19.4 Å². The van der Waals surface area contributed by atoms with Gasteiger partial charge in [0.05, 0.1) is 13.3 Å². The molecule has 0 fully saturated rings. The molecular weight excluding hydrogens is 376 g/mol. The maximum Gasteiger partial charge on any atom is 0.280 e. The number of phenolic OH excluding ortho intramolecular Hbond substituents is 1. The minimum atomic E-state index is -0.730. The summed E-state index contributed by atoms with van der Waals surface area (Å²) in [7, 11) is 1.58. The van der Waals surface area contributed by atoms with Gasteiger partial charge in [-0.05, 0) is 49.4 Å². The van der Waals surface area contributed by atoms with Crippen LogP contribution in [0, 0.1) is 0 Å². The molecule has 0 aliphatic carbocycles. The van der Waals surface area contributed by atoms with Crippen molar-refractivity contribution in [2.45, 2.75) is 13.0 Å². The molecule has 0 radical (unpaired) electrons. The summed E-state index contributed by atoms with van der Waals surface area (Å²) in [5.41, 5.74) is 2.85. The number of phenols is 1. The summed E-state index contributed by atoms with van der Waals surface area (Å²) < 4.78 is 11.4. The zero-order valence-corrected chi connectivity index (χ0v) is 14.8. The van der Waals surface area contributed by atoms with Crippen LogP contribution in [-0.4, -0.2) is 30.4 Å². The van der Waals surface area contributed by atoms with E-state index in [2.05, 4.69) is 26.5 Å². The highest BCUT2D eigenvalue weighted by Gasteiger charge is 2.14. The Labute approximate surface area is 148 Å². The molecule has 0 spiro atoms. The lowest BCUT2D eigenvalue weighted by Gasteiger charge is -2.13. The molecule has 0 aromatic heterocycles. The van der Waals surface area contributed by atoms with E-state index in [1.54, 1.807) is 50.4 Å². The summed E-state index contributed by atoms with van der Waals surface area (Å²) in [5, 5.41) is 13.5. The molecule has 0 saturated carbocycles. The van der Waals surface area contributed by atoms with Gasteiger partial charge in [-0.1, -0.05) is 15.9 Å². The van der Waals surface area contributed by atoms with Crippen LogP contribution in [-0.2, 0) is 4.79 Å². The Hall–Kier alpha value is -2.54. The topological polar surface area (TPSA) is 80.2 Å². The number of halogens is 1. The molecule has 24 heavy (non-hydrogen) atoms. The number of hydrazone groups is 1. The fraction of sp³-hybridized carbons (Fsp3) is 0.176. The third-order valence-corrected chi connectivity index (χ3v) is 3.60. The normalized spacial score (nSPS) is 12.0. The number of rotatable bonds is 6. The third-order valence-electron chi connectivity index (χ3n) is 3.11. The average molecular weight is 393 g/mol. The number of methoxy groups -OCH3 is 1. The molecule has 2 aromatic carbocycles. The molecule has 7 heteroatoms. The molecule has 2 N–H and O–H groups in total. The quantitative estimate of drug-likeness (QED) is 0.584. The van der Waals surface area contributed by atoms with Gasteiger partial charge in [-0.3, -0.25) is 4.79 Å². The minimum absolute atomic E-state index is 0.0683. The van der Waals surface area contributed by atoms with Gasteiger partial charge in [-0.15, -0.1) is 0 Å². The van der Waals surface area contributed by atoms with Crippen molar-refractivity contribution in [2.24, 2.45) is 5.10 Å². The molecule has 126 valence electrons. The Balaban J connectivity index is 1.91. The first-order valence-corrected chi connectivity index (χ1v) is 7.91. The van der Waals surface area contributed by atoms with E-state index in [0.717, 1.165) is 4.47 Å². The van der Waals surface area contributed by atoms with E-state index in [4.69, 9.17) is 9.47 Å². The number of hydrogen-bond acceptors (Lipinski definition) is 5. The van der Waals surface area contributed by atoms with Crippen LogP contribution in [0.15, 0.2) is 52.0 Å². The molecule has 1 atom stereocenters. The predicted molar refractivity (Wildman–Crippen MR) is 94.6 cm³/mol. The van der Waals surface area contributed by atoms with Crippen molar-refractivity contribution in [3.63, 3.8) is 0 Å². The van der Waals surface area contributed by atoms with Crippen molar-refractivity contribution in [2.75, 3.05) is 7.11 Å². The predicted octanol–water partition coefficient (Wildman–Crippen LogP) is 3.08. The average Bonchev–Trinajstić information content (AvgIpc) is 2.58. The van der Waals surface area contributed by atoms with Gasteiger partial charge in [0.25, 0.3) is 5.91 Å². The van der Waals surface area contributed by atoms with E-state index in [1.807, 2.05) is 0 Å². The SMILES string of the molecule is COc1ccc(OC(C)C(=O)N/N=C/c2cc(Br)ccc2O)cc1. The first-order valence-electron chi connectivity index (χ1n) is 7.11. The fourth-order valence-electron chi connectivity index (χ4n) is 1.80. The fourth-order valence-corrected chi connectivity index (χ4v) is 2.18. The number of carbonyl (C=O) groups is 1. The number of aromatic hydroxyl groups is 1. The van der Waals surface area contributed by atoms with Crippen molar-refractivity contribution >= 4 is 28.1 Å². The van der Waals surface area contributed by atoms with Crippen LogP contribution in [0.1, 0.15) is 12.5 Å². The summed E-state index contributed by atoms with van der Waals surface area (Å²) in [4.78, 5) is 12.0. The van der Waals surface area contributed by atoms with Gasteiger partial charge in [0.2, 0.25) is 0 Å². The Morgan fingerprint density at radius 3 is 2.58 bits per heavy atom. The summed E-state index contributed by atoms with van der Waals surface area (Å²) in [6.45, 7) is 1.62. The summed E-state index contributed by atoms with van der Waals surface area (Å²) in [6, 6.07) is 11.8. The van der Waals surface area contributed by atoms with Crippen molar-refractivity contribution in [3.05, 3.63) is 52.5 Å². The van der Waals surface area contributed by atoms with Gasteiger partial charge in [-0.25, -0.2) is 5.43 Å². The second-order valence-electron chi connectivity index (χ2n) is 4.87. The maximum atomic E-state index is 12.0. The molecule has 0 bridgehead atoms. The smallest absolute Gasteiger partial charge is 0.280 e. The highest BCUT2D eigenvalue weighted by molar-refractivity contribution is 9.10. The van der Waals surface area contributed by atoms with Crippen LogP contribution in [0.3, 0.4) is 0 Å². The van der Waals surface area contributed by atoms with Gasteiger partial charge in [0.1, 0.15) is 17.2 Å². The van der Waals surface area contributed by atoms with E-state index >= 15 is 0 Å². The zero-order chi connectivity index (χ0) is 17.5. The van der Waals surface area contributed by atoms with Crippen LogP contribution < -0.4 is 14.9 Å². The number of nitrogens with zero attached hydrogens (tertiary/aromatic N) is 1. The largest absolute Gasteiger partial charge is 0.507 e. The zero-order valence-electron chi connectivity index (χ0n) is 13.2. The number of nitrogens with one attached hydrogen (secondary N) is 1. The minimum Gasteiger partial charge on any atom is -0.507 e. The highest BCUT2D eigenvalue weighted by atomic mass is 79.9. The van der Waals surface area contributed by atoms with E-state index in [-0.39, 0.29) is 5.75 Å². The van der Waals surface area contributed by atoms with E-state index < -0.39 is 12.0 Å². The van der Waals surface area contributed by atoms with Crippen molar-refractivity contribution in [1.29, 1.82) is 0 Å². The van der Waals surface area contributed by atoms with E-state index in [9.17, 15) is 9.90 Å². The monoisotopic (exact) mass is 392 g/mol. The molecule has 0 heterocycles. The Morgan fingerprint density at radius 1 is 1.25 bits per heavy atom. The maximum absolute atomic E-state index is 12.0. The molecule has 2 rings (SSSR count).